The summed E-state index contributed by atoms with van der Waals surface area (Å²) in [5.41, 5.74) is 0.421. The van der Waals surface area contributed by atoms with E-state index in [1.807, 2.05) is 0 Å². The predicted octanol–water partition coefficient (Wildman–Crippen LogP) is 2.48. The molecule has 2 aliphatic rings. The molecule has 0 radical (unpaired) electrons. The summed E-state index contributed by atoms with van der Waals surface area (Å²) >= 11 is 5.96. The minimum absolute atomic E-state index is 0.0105. The van der Waals surface area contributed by atoms with Gasteiger partial charge in [-0.3, -0.25) is 24.6 Å². The molecule has 1 heterocycles. The molecule has 2 amide bonds. The number of nitro groups is 1. The SMILES string of the molecule is O=C1[C@H]2CC=C(Cl)C[C@@H]2C(=O)N1CNc1cccc([N+](=O)[O-])c1. The zero-order valence-electron chi connectivity index (χ0n) is 12.1. The van der Waals surface area contributed by atoms with E-state index in [9.17, 15) is 19.7 Å². The Morgan fingerprint density at radius 1 is 1.30 bits per heavy atom. The van der Waals surface area contributed by atoms with E-state index in [1.54, 1.807) is 12.1 Å². The third-order valence-corrected chi connectivity index (χ3v) is 4.47. The van der Waals surface area contributed by atoms with E-state index >= 15 is 0 Å². The van der Waals surface area contributed by atoms with Gasteiger partial charge in [0, 0.05) is 22.9 Å². The molecule has 0 aromatic heterocycles. The maximum absolute atomic E-state index is 12.4. The smallest absolute Gasteiger partial charge is 0.271 e. The molecule has 23 heavy (non-hydrogen) atoms. The third kappa shape index (κ3) is 2.92. The number of allylic oxidation sites excluding steroid dienone is 2. The molecule has 1 aliphatic carbocycles. The highest BCUT2D eigenvalue weighted by molar-refractivity contribution is 6.30. The number of rotatable bonds is 4. The van der Waals surface area contributed by atoms with Crippen LogP contribution in [0, 0.1) is 22.0 Å². The first-order valence-electron chi connectivity index (χ1n) is 7.15. The fourth-order valence-corrected chi connectivity index (χ4v) is 3.21. The Morgan fingerprint density at radius 3 is 2.78 bits per heavy atom. The molecule has 1 saturated heterocycles. The number of nitro benzene ring substituents is 1. The van der Waals surface area contributed by atoms with Crippen molar-refractivity contribution < 1.29 is 14.5 Å². The van der Waals surface area contributed by atoms with Crippen LogP contribution < -0.4 is 5.32 Å². The zero-order chi connectivity index (χ0) is 16.6. The largest absolute Gasteiger partial charge is 0.367 e. The number of carbonyl (C=O) groups is 2. The number of anilines is 1. The van der Waals surface area contributed by atoms with Gasteiger partial charge in [-0.2, -0.15) is 0 Å². The van der Waals surface area contributed by atoms with Crippen LogP contribution in [0.3, 0.4) is 0 Å². The van der Waals surface area contributed by atoms with Crippen molar-refractivity contribution in [1.82, 2.24) is 4.90 Å². The number of amides is 2. The first kappa shape index (κ1) is 15.5. The van der Waals surface area contributed by atoms with Crippen molar-refractivity contribution in [2.24, 2.45) is 11.8 Å². The van der Waals surface area contributed by atoms with Crippen LogP contribution in [-0.4, -0.2) is 28.3 Å². The van der Waals surface area contributed by atoms with Crippen LogP contribution in [0.15, 0.2) is 35.4 Å². The average Bonchev–Trinajstić information content (AvgIpc) is 2.76. The van der Waals surface area contributed by atoms with Crippen molar-refractivity contribution in [2.45, 2.75) is 12.8 Å². The van der Waals surface area contributed by atoms with Gasteiger partial charge in [0.05, 0.1) is 23.4 Å². The maximum Gasteiger partial charge on any atom is 0.271 e. The number of halogens is 1. The van der Waals surface area contributed by atoms with Gasteiger partial charge in [-0.1, -0.05) is 23.7 Å². The summed E-state index contributed by atoms with van der Waals surface area (Å²) in [6.07, 6.45) is 2.65. The summed E-state index contributed by atoms with van der Waals surface area (Å²) in [5, 5.41) is 14.3. The molecular formula is C15H14ClN3O4. The van der Waals surface area contributed by atoms with Gasteiger partial charge in [0.25, 0.3) is 5.69 Å². The molecule has 0 saturated carbocycles. The highest BCUT2D eigenvalue weighted by Gasteiger charge is 2.48. The number of benzene rings is 1. The van der Waals surface area contributed by atoms with Crippen LogP contribution in [0.2, 0.25) is 0 Å². The molecule has 0 unspecified atom stereocenters. The van der Waals surface area contributed by atoms with Crippen LogP contribution in [0.25, 0.3) is 0 Å². The van der Waals surface area contributed by atoms with Crippen LogP contribution >= 0.6 is 11.6 Å². The summed E-state index contributed by atoms with van der Waals surface area (Å²) in [6, 6.07) is 5.91. The van der Waals surface area contributed by atoms with Crippen molar-refractivity contribution in [3.05, 3.63) is 45.5 Å². The van der Waals surface area contributed by atoms with E-state index in [1.165, 1.54) is 18.2 Å². The molecule has 1 N–H and O–H groups in total. The van der Waals surface area contributed by atoms with Crippen molar-refractivity contribution >= 4 is 34.8 Å². The molecule has 1 aliphatic heterocycles. The fraction of sp³-hybridized carbons (Fsp3) is 0.333. The molecule has 1 fully saturated rings. The summed E-state index contributed by atoms with van der Waals surface area (Å²) in [7, 11) is 0. The summed E-state index contributed by atoms with van der Waals surface area (Å²) in [4.78, 5) is 36.1. The van der Waals surface area contributed by atoms with Gasteiger partial charge in [0.1, 0.15) is 0 Å². The second-order valence-corrected chi connectivity index (χ2v) is 6.04. The Kier molecular flexibility index (Phi) is 4.04. The molecule has 0 spiro atoms. The Hall–Kier alpha value is -2.41. The van der Waals surface area contributed by atoms with E-state index in [0.29, 0.717) is 23.6 Å². The average molecular weight is 336 g/mol. The van der Waals surface area contributed by atoms with Crippen molar-refractivity contribution in [1.29, 1.82) is 0 Å². The van der Waals surface area contributed by atoms with Gasteiger partial charge in [-0.05, 0) is 18.9 Å². The minimum atomic E-state index is -0.500. The van der Waals surface area contributed by atoms with Gasteiger partial charge in [-0.25, -0.2) is 0 Å². The predicted molar refractivity (Wildman–Crippen MR) is 83.6 cm³/mol. The highest BCUT2D eigenvalue weighted by Crippen LogP contribution is 2.38. The van der Waals surface area contributed by atoms with E-state index in [-0.39, 0.29) is 30.1 Å². The lowest BCUT2D eigenvalue weighted by Crippen LogP contribution is -2.35. The Bertz CT molecular complexity index is 718. The van der Waals surface area contributed by atoms with Crippen LogP contribution in [0.5, 0.6) is 0 Å². The molecular weight excluding hydrogens is 322 g/mol. The normalized spacial score (nSPS) is 23.5. The second kappa shape index (κ2) is 6.00. The summed E-state index contributed by atoms with van der Waals surface area (Å²) < 4.78 is 0. The first-order chi connectivity index (χ1) is 11.0. The molecule has 1 aromatic rings. The van der Waals surface area contributed by atoms with Gasteiger partial charge >= 0.3 is 0 Å². The molecule has 7 nitrogen and oxygen atoms in total. The third-order valence-electron chi connectivity index (χ3n) is 4.16. The first-order valence-corrected chi connectivity index (χ1v) is 7.53. The van der Waals surface area contributed by atoms with Crippen molar-refractivity contribution in [3.63, 3.8) is 0 Å². The number of fused-ring (bicyclic) bond motifs is 1. The summed E-state index contributed by atoms with van der Waals surface area (Å²) in [6.45, 7) is -0.0105. The second-order valence-electron chi connectivity index (χ2n) is 5.55. The number of carbonyl (C=O) groups excluding carboxylic acids is 2. The fourth-order valence-electron chi connectivity index (χ4n) is 2.95. The van der Waals surface area contributed by atoms with Gasteiger partial charge < -0.3 is 5.32 Å². The van der Waals surface area contributed by atoms with Crippen LogP contribution in [-0.2, 0) is 9.59 Å². The topological polar surface area (TPSA) is 92.6 Å². The standard InChI is InChI=1S/C15H14ClN3O4/c16-9-4-5-12-13(6-9)15(21)18(14(12)20)8-17-10-2-1-3-11(7-10)19(22)23/h1-4,7,12-13,17H,5-6,8H2/t12-,13-/m0/s1. The lowest BCUT2D eigenvalue weighted by atomic mass is 9.85. The molecule has 0 bridgehead atoms. The number of hydrogen-bond acceptors (Lipinski definition) is 5. The lowest BCUT2D eigenvalue weighted by molar-refractivity contribution is -0.384. The number of nitrogens with zero attached hydrogens (tertiary/aromatic N) is 2. The number of imide groups is 1. The highest BCUT2D eigenvalue weighted by atomic mass is 35.5. The van der Waals surface area contributed by atoms with E-state index in [0.717, 1.165) is 4.90 Å². The van der Waals surface area contributed by atoms with Crippen LogP contribution in [0.1, 0.15) is 12.8 Å². The number of likely N-dealkylation sites (tertiary alicyclic amines) is 1. The lowest BCUT2D eigenvalue weighted by Gasteiger charge is -2.17. The Morgan fingerprint density at radius 2 is 2.04 bits per heavy atom. The Labute approximate surface area is 137 Å². The van der Waals surface area contributed by atoms with E-state index in [4.69, 9.17) is 11.6 Å². The number of nitrogens with one attached hydrogen (secondary N) is 1. The zero-order valence-corrected chi connectivity index (χ0v) is 12.8. The maximum atomic E-state index is 12.4. The summed E-state index contributed by atoms with van der Waals surface area (Å²) in [5.74, 6) is -1.22. The van der Waals surface area contributed by atoms with Crippen molar-refractivity contribution in [2.75, 3.05) is 12.0 Å². The van der Waals surface area contributed by atoms with Crippen molar-refractivity contribution in [3.8, 4) is 0 Å². The quantitative estimate of drug-likeness (QED) is 0.518. The number of hydrogen-bond donors (Lipinski definition) is 1. The van der Waals surface area contributed by atoms with Gasteiger partial charge in [0.15, 0.2) is 0 Å². The molecule has 120 valence electrons. The number of non-ortho nitro benzene ring substituents is 1. The molecule has 1 aromatic carbocycles. The van der Waals surface area contributed by atoms with E-state index < -0.39 is 10.8 Å². The molecule has 8 heteroatoms. The molecule has 3 rings (SSSR count). The minimum Gasteiger partial charge on any atom is -0.367 e. The van der Waals surface area contributed by atoms with Gasteiger partial charge in [0.2, 0.25) is 11.8 Å². The Balaban J connectivity index is 1.69. The van der Waals surface area contributed by atoms with Crippen LogP contribution in [0.4, 0.5) is 11.4 Å². The van der Waals surface area contributed by atoms with E-state index in [2.05, 4.69) is 5.32 Å². The monoisotopic (exact) mass is 335 g/mol. The van der Waals surface area contributed by atoms with Gasteiger partial charge in [-0.15, -0.1) is 0 Å². The molecule has 2 atom stereocenters.